The van der Waals surface area contributed by atoms with E-state index in [0.29, 0.717) is 11.6 Å². The van der Waals surface area contributed by atoms with Crippen LogP contribution in [-0.2, 0) is 11.3 Å². The minimum atomic E-state index is -0.998. The number of likely N-dealkylation sites (tertiary alicyclic amines) is 1. The molecule has 1 N–H and O–H groups in total. The second-order valence-electron chi connectivity index (χ2n) is 7.78. The quantitative estimate of drug-likeness (QED) is 0.551. The van der Waals surface area contributed by atoms with Gasteiger partial charge in [0.1, 0.15) is 11.8 Å². The first kappa shape index (κ1) is 21.5. The molecule has 0 bridgehead atoms. The van der Waals surface area contributed by atoms with E-state index in [0.717, 1.165) is 42.8 Å². The van der Waals surface area contributed by atoms with Crippen LogP contribution < -0.4 is 0 Å². The molecule has 1 aliphatic heterocycles. The van der Waals surface area contributed by atoms with Gasteiger partial charge in [-0.2, -0.15) is 0 Å². The van der Waals surface area contributed by atoms with Gasteiger partial charge < -0.3 is 9.84 Å². The molecule has 0 aliphatic carbocycles. The average molecular weight is 437 g/mol. The molecule has 1 unspecified atom stereocenters. The topological polar surface area (TPSA) is 62.7 Å². The highest BCUT2D eigenvalue weighted by Crippen LogP contribution is 2.31. The maximum atomic E-state index is 11.1. The number of hydrogen-bond donors (Lipinski definition) is 1. The Balaban J connectivity index is 1.40. The zero-order valence-electron chi connectivity index (χ0n) is 17.2. The first-order valence-electron chi connectivity index (χ1n) is 10.5. The molecule has 1 saturated heterocycles. The van der Waals surface area contributed by atoms with Crippen molar-refractivity contribution in [1.29, 1.82) is 0 Å². The maximum Gasteiger partial charge on any atom is 0.354 e. The number of carboxylic acid groups (broad SMARTS) is 1. The van der Waals surface area contributed by atoms with Gasteiger partial charge in [0.25, 0.3) is 0 Å². The summed E-state index contributed by atoms with van der Waals surface area (Å²) >= 11 is 6.24. The SMILES string of the molecule is O=C(O)c1cccc(CN2CCC(OC(c3ccccc3)c3cccc(Cl)c3)CC2)n1. The van der Waals surface area contributed by atoms with Gasteiger partial charge in [0.2, 0.25) is 0 Å². The number of halogens is 1. The summed E-state index contributed by atoms with van der Waals surface area (Å²) in [4.78, 5) is 17.7. The van der Waals surface area contributed by atoms with Crippen molar-refractivity contribution in [2.24, 2.45) is 0 Å². The molecule has 2 aromatic carbocycles. The van der Waals surface area contributed by atoms with Crippen molar-refractivity contribution >= 4 is 17.6 Å². The van der Waals surface area contributed by atoms with E-state index in [1.165, 1.54) is 6.07 Å². The second kappa shape index (κ2) is 10.1. The molecule has 5 nitrogen and oxygen atoms in total. The van der Waals surface area contributed by atoms with Gasteiger partial charge in [-0.15, -0.1) is 0 Å². The van der Waals surface area contributed by atoms with Gasteiger partial charge >= 0.3 is 5.97 Å². The highest BCUT2D eigenvalue weighted by molar-refractivity contribution is 6.30. The molecule has 4 rings (SSSR count). The van der Waals surface area contributed by atoms with E-state index in [9.17, 15) is 4.79 Å². The largest absolute Gasteiger partial charge is 0.477 e. The molecule has 1 aliphatic rings. The smallest absolute Gasteiger partial charge is 0.354 e. The molecule has 2 heterocycles. The predicted octanol–water partition coefficient (Wildman–Crippen LogP) is 5.20. The molecule has 3 aromatic rings. The van der Waals surface area contributed by atoms with Crippen LogP contribution in [0, 0.1) is 0 Å². The summed E-state index contributed by atoms with van der Waals surface area (Å²) in [6, 6.07) is 23.2. The van der Waals surface area contributed by atoms with Gasteiger partial charge in [0.15, 0.2) is 0 Å². The van der Waals surface area contributed by atoms with Crippen molar-refractivity contribution < 1.29 is 14.6 Å². The molecule has 31 heavy (non-hydrogen) atoms. The zero-order chi connectivity index (χ0) is 21.6. The number of piperidine rings is 1. The molecule has 0 spiro atoms. The predicted molar refractivity (Wildman–Crippen MR) is 120 cm³/mol. The molecule has 0 amide bonds. The Bertz CT molecular complexity index is 1020. The van der Waals surface area contributed by atoms with Crippen LogP contribution in [0.2, 0.25) is 5.02 Å². The Morgan fingerprint density at radius 3 is 2.45 bits per heavy atom. The number of hydrogen-bond acceptors (Lipinski definition) is 4. The fraction of sp³-hybridized carbons (Fsp3) is 0.280. The number of carbonyl (C=O) groups is 1. The van der Waals surface area contributed by atoms with Crippen molar-refractivity contribution in [2.45, 2.75) is 31.6 Å². The highest BCUT2D eigenvalue weighted by atomic mass is 35.5. The zero-order valence-corrected chi connectivity index (χ0v) is 17.9. The van der Waals surface area contributed by atoms with Gasteiger partial charge in [0, 0.05) is 24.7 Å². The maximum absolute atomic E-state index is 11.1. The van der Waals surface area contributed by atoms with Crippen LogP contribution >= 0.6 is 11.6 Å². The number of nitrogens with zero attached hydrogens (tertiary/aromatic N) is 2. The Labute approximate surface area is 187 Å². The van der Waals surface area contributed by atoms with Crippen LogP contribution in [0.1, 0.15) is 46.3 Å². The lowest BCUT2D eigenvalue weighted by atomic mass is 10.00. The fourth-order valence-corrected chi connectivity index (χ4v) is 4.16. The monoisotopic (exact) mass is 436 g/mol. The first-order valence-corrected chi connectivity index (χ1v) is 10.8. The van der Waals surface area contributed by atoms with Gasteiger partial charge in [0.05, 0.1) is 11.8 Å². The molecule has 1 fully saturated rings. The normalized spacial score (nSPS) is 16.2. The first-order chi connectivity index (χ1) is 15.1. The summed E-state index contributed by atoms with van der Waals surface area (Å²) in [6.07, 6.45) is 1.79. The third kappa shape index (κ3) is 5.70. The number of ether oxygens (including phenoxy) is 1. The molecular weight excluding hydrogens is 412 g/mol. The minimum absolute atomic E-state index is 0.0861. The van der Waals surface area contributed by atoms with Crippen molar-refractivity contribution in [3.63, 3.8) is 0 Å². The van der Waals surface area contributed by atoms with Crippen molar-refractivity contribution in [1.82, 2.24) is 9.88 Å². The van der Waals surface area contributed by atoms with Crippen molar-refractivity contribution in [2.75, 3.05) is 13.1 Å². The van der Waals surface area contributed by atoms with E-state index in [-0.39, 0.29) is 17.9 Å². The Morgan fingerprint density at radius 2 is 1.74 bits per heavy atom. The Kier molecular flexibility index (Phi) is 6.97. The highest BCUT2D eigenvalue weighted by Gasteiger charge is 2.25. The van der Waals surface area contributed by atoms with Gasteiger partial charge in [-0.3, -0.25) is 4.90 Å². The van der Waals surface area contributed by atoms with Crippen LogP contribution in [0.3, 0.4) is 0 Å². The third-order valence-corrected chi connectivity index (χ3v) is 5.76. The third-order valence-electron chi connectivity index (χ3n) is 5.53. The van der Waals surface area contributed by atoms with Gasteiger partial charge in [-0.25, -0.2) is 9.78 Å². The lowest BCUT2D eigenvalue weighted by molar-refractivity contribution is -0.0283. The molecule has 6 heteroatoms. The van der Waals surface area contributed by atoms with Crippen molar-refractivity contribution in [3.05, 3.63) is 100 Å². The molecule has 0 radical (unpaired) electrons. The summed E-state index contributed by atoms with van der Waals surface area (Å²) in [7, 11) is 0. The van der Waals surface area contributed by atoms with Gasteiger partial charge in [-0.1, -0.05) is 60.1 Å². The number of aromatic carboxylic acids is 1. The van der Waals surface area contributed by atoms with E-state index in [2.05, 4.69) is 28.1 Å². The summed E-state index contributed by atoms with van der Waals surface area (Å²) in [5.74, 6) is -0.998. The molecule has 1 atom stereocenters. The van der Waals surface area contributed by atoms with E-state index in [1.54, 1.807) is 6.07 Å². The van der Waals surface area contributed by atoms with Crippen LogP contribution in [0.15, 0.2) is 72.8 Å². The molecule has 160 valence electrons. The summed E-state index contributed by atoms with van der Waals surface area (Å²) < 4.78 is 6.59. The number of pyridine rings is 1. The summed E-state index contributed by atoms with van der Waals surface area (Å²) in [5, 5.41) is 9.84. The lowest BCUT2D eigenvalue weighted by Crippen LogP contribution is -2.37. The standard InChI is InChI=1S/C25H25ClN2O3/c26-20-9-4-8-19(16-20)24(18-6-2-1-3-7-18)31-22-12-14-28(15-13-22)17-21-10-5-11-23(27-21)25(29)30/h1-11,16,22,24H,12-15,17H2,(H,29,30). The average Bonchev–Trinajstić information content (AvgIpc) is 2.79. The number of rotatable bonds is 7. The van der Waals surface area contributed by atoms with Crippen LogP contribution in [0.5, 0.6) is 0 Å². The van der Waals surface area contributed by atoms with E-state index < -0.39 is 5.97 Å². The minimum Gasteiger partial charge on any atom is -0.477 e. The number of carboxylic acids is 1. The van der Waals surface area contributed by atoms with E-state index in [1.807, 2.05) is 42.5 Å². The molecular formula is C25H25ClN2O3. The lowest BCUT2D eigenvalue weighted by Gasteiger charge is -2.34. The van der Waals surface area contributed by atoms with Crippen LogP contribution in [0.4, 0.5) is 0 Å². The number of benzene rings is 2. The van der Waals surface area contributed by atoms with Crippen LogP contribution in [0.25, 0.3) is 0 Å². The Hall–Kier alpha value is -2.73. The fourth-order valence-electron chi connectivity index (χ4n) is 3.96. The Morgan fingerprint density at radius 1 is 1.03 bits per heavy atom. The summed E-state index contributed by atoms with van der Waals surface area (Å²) in [5.41, 5.74) is 3.03. The second-order valence-corrected chi connectivity index (χ2v) is 8.21. The van der Waals surface area contributed by atoms with E-state index >= 15 is 0 Å². The van der Waals surface area contributed by atoms with Crippen molar-refractivity contribution in [3.8, 4) is 0 Å². The van der Waals surface area contributed by atoms with Gasteiger partial charge in [-0.05, 0) is 48.2 Å². The summed E-state index contributed by atoms with van der Waals surface area (Å²) in [6.45, 7) is 2.39. The van der Waals surface area contributed by atoms with E-state index in [4.69, 9.17) is 21.4 Å². The number of aromatic nitrogens is 1. The van der Waals surface area contributed by atoms with Crippen LogP contribution in [-0.4, -0.2) is 40.2 Å². The molecule has 0 saturated carbocycles. The molecule has 1 aromatic heterocycles.